The molecule has 0 saturated heterocycles. The topological polar surface area (TPSA) is 34.1 Å². The van der Waals surface area contributed by atoms with Crippen LogP contribution in [0.15, 0.2) is 77.9 Å². The predicted octanol–water partition coefficient (Wildman–Crippen LogP) is 5.59. The number of hydrazone groups is 1. The molecular weight excluding hydrogens is 372 g/mol. The molecule has 5 rings (SSSR count). The highest BCUT2D eigenvalue weighted by molar-refractivity contribution is 6.30. The van der Waals surface area contributed by atoms with Gasteiger partial charge in [-0.3, -0.25) is 0 Å². The summed E-state index contributed by atoms with van der Waals surface area (Å²) >= 11 is 6.08. The Balaban J connectivity index is 1.56. The Kier molecular flexibility index (Phi) is 4.21. The third-order valence-corrected chi connectivity index (χ3v) is 5.53. The monoisotopic (exact) mass is 390 g/mol. The van der Waals surface area contributed by atoms with Gasteiger partial charge in [-0.25, -0.2) is 5.01 Å². The summed E-state index contributed by atoms with van der Waals surface area (Å²) in [6.07, 6.45) is 0.546. The van der Waals surface area contributed by atoms with Gasteiger partial charge in [0.2, 0.25) is 6.23 Å². The fraction of sp³-hybridized carbons (Fsp3) is 0.174. The van der Waals surface area contributed by atoms with Gasteiger partial charge >= 0.3 is 0 Å². The molecular formula is C23H19ClN2O2. The van der Waals surface area contributed by atoms with Crippen molar-refractivity contribution in [2.24, 2.45) is 5.10 Å². The highest BCUT2D eigenvalue weighted by Crippen LogP contribution is 2.47. The van der Waals surface area contributed by atoms with Crippen LogP contribution in [0, 0.1) is 0 Å². The Morgan fingerprint density at radius 2 is 1.75 bits per heavy atom. The molecule has 140 valence electrons. The average Bonchev–Trinajstić information content (AvgIpc) is 3.20. The van der Waals surface area contributed by atoms with Crippen molar-refractivity contribution in [3.05, 3.63) is 94.5 Å². The number of hydrogen-bond donors (Lipinski definition) is 0. The van der Waals surface area contributed by atoms with Gasteiger partial charge in [0.25, 0.3) is 0 Å². The van der Waals surface area contributed by atoms with Crippen molar-refractivity contribution in [1.29, 1.82) is 0 Å². The zero-order chi connectivity index (χ0) is 19.1. The molecule has 0 unspecified atom stereocenters. The van der Waals surface area contributed by atoms with Gasteiger partial charge in [-0.05, 0) is 48.0 Å². The first kappa shape index (κ1) is 17.1. The maximum Gasteiger partial charge on any atom is 0.213 e. The van der Waals surface area contributed by atoms with E-state index in [-0.39, 0.29) is 12.3 Å². The van der Waals surface area contributed by atoms with Crippen LogP contribution in [0.5, 0.6) is 11.5 Å². The normalized spacial score (nSPS) is 20.1. The van der Waals surface area contributed by atoms with E-state index in [1.807, 2.05) is 54.6 Å². The second-order valence-electron chi connectivity index (χ2n) is 6.93. The largest absolute Gasteiger partial charge is 0.497 e. The van der Waals surface area contributed by atoms with E-state index in [0.717, 1.165) is 34.8 Å². The van der Waals surface area contributed by atoms with Crippen LogP contribution in [-0.4, -0.2) is 17.8 Å². The summed E-state index contributed by atoms with van der Waals surface area (Å²) in [5.41, 5.74) is 4.35. The molecule has 2 atom stereocenters. The van der Waals surface area contributed by atoms with Gasteiger partial charge in [-0.15, -0.1) is 0 Å². The highest BCUT2D eigenvalue weighted by atomic mass is 35.5. The molecule has 0 bridgehead atoms. The molecule has 5 heteroatoms. The number of ether oxygens (including phenoxy) is 2. The lowest BCUT2D eigenvalue weighted by Gasteiger charge is -2.38. The van der Waals surface area contributed by atoms with Crippen LogP contribution in [0.2, 0.25) is 5.02 Å². The lowest BCUT2D eigenvalue weighted by atomic mass is 9.96. The molecule has 0 aromatic heterocycles. The van der Waals surface area contributed by atoms with Gasteiger partial charge in [-0.1, -0.05) is 41.9 Å². The third kappa shape index (κ3) is 2.90. The summed E-state index contributed by atoms with van der Waals surface area (Å²) < 4.78 is 11.6. The van der Waals surface area contributed by atoms with Crippen LogP contribution in [0.3, 0.4) is 0 Å². The van der Waals surface area contributed by atoms with E-state index < -0.39 is 0 Å². The Morgan fingerprint density at radius 1 is 1.00 bits per heavy atom. The first-order valence-corrected chi connectivity index (χ1v) is 9.62. The van der Waals surface area contributed by atoms with Gasteiger partial charge in [0.05, 0.1) is 18.9 Å². The van der Waals surface area contributed by atoms with E-state index in [2.05, 4.69) is 23.2 Å². The van der Waals surface area contributed by atoms with Crippen LogP contribution in [0.25, 0.3) is 0 Å². The smallest absolute Gasteiger partial charge is 0.213 e. The number of rotatable bonds is 3. The molecule has 2 aliphatic rings. The van der Waals surface area contributed by atoms with Gasteiger partial charge in [0, 0.05) is 22.6 Å². The van der Waals surface area contributed by atoms with Gasteiger partial charge in [-0.2, -0.15) is 5.10 Å². The number of fused-ring (bicyclic) bond motifs is 3. The van der Waals surface area contributed by atoms with Crippen molar-refractivity contribution in [2.45, 2.75) is 18.7 Å². The summed E-state index contributed by atoms with van der Waals surface area (Å²) in [7, 11) is 1.67. The molecule has 3 aromatic carbocycles. The lowest BCUT2D eigenvalue weighted by Crippen LogP contribution is -2.33. The molecule has 28 heavy (non-hydrogen) atoms. The molecule has 3 aromatic rings. The summed E-state index contributed by atoms with van der Waals surface area (Å²) in [6.45, 7) is 0. The first-order valence-electron chi connectivity index (χ1n) is 9.24. The number of hydrogen-bond acceptors (Lipinski definition) is 4. The average molecular weight is 391 g/mol. The van der Waals surface area contributed by atoms with Crippen LogP contribution in [0.1, 0.15) is 35.4 Å². The number of methoxy groups -OCH3 is 1. The van der Waals surface area contributed by atoms with E-state index in [1.165, 1.54) is 5.56 Å². The van der Waals surface area contributed by atoms with Crippen molar-refractivity contribution in [2.75, 3.05) is 7.11 Å². The first-order chi connectivity index (χ1) is 13.7. The molecule has 0 amide bonds. The number of benzene rings is 3. The molecule has 0 saturated carbocycles. The number of para-hydroxylation sites is 1. The van der Waals surface area contributed by atoms with Crippen molar-refractivity contribution in [1.82, 2.24) is 5.01 Å². The maximum atomic E-state index is 6.35. The Hall–Kier alpha value is -2.98. The molecule has 2 heterocycles. The van der Waals surface area contributed by atoms with Gasteiger partial charge in [0.1, 0.15) is 11.5 Å². The van der Waals surface area contributed by atoms with E-state index in [4.69, 9.17) is 26.2 Å². The summed E-state index contributed by atoms with van der Waals surface area (Å²) in [5, 5.41) is 7.75. The van der Waals surface area contributed by atoms with Crippen molar-refractivity contribution in [3.8, 4) is 11.5 Å². The zero-order valence-corrected chi connectivity index (χ0v) is 16.1. The fourth-order valence-corrected chi connectivity index (χ4v) is 3.97. The van der Waals surface area contributed by atoms with Crippen molar-refractivity contribution < 1.29 is 9.47 Å². The standard InChI is InChI=1S/C23H19ClN2O2/c1-27-18-12-8-15(9-13-18)20-14-21-19-4-2-3-5-22(19)28-23(26(21)25-20)16-6-10-17(24)11-7-16/h2-13,21,23H,14H2,1H3/t21-,23-/m1/s1. The SMILES string of the molecule is COc1ccc(C2=NN3[C@H](C2)c2ccccc2O[C@@H]3c2ccc(Cl)cc2)cc1. The fourth-order valence-electron chi connectivity index (χ4n) is 3.84. The molecule has 0 fully saturated rings. The molecule has 2 aliphatic heterocycles. The van der Waals surface area contributed by atoms with E-state index in [0.29, 0.717) is 5.02 Å². The van der Waals surface area contributed by atoms with E-state index in [1.54, 1.807) is 7.11 Å². The predicted molar refractivity (Wildman–Crippen MR) is 110 cm³/mol. The molecule has 4 nitrogen and oxygen atoms in total. The molecule has 0 radical (unpaired) electrons. The summed E-state index contributed by atoms with van der Waals surface area (Å²) in [4.78, 5) is 0. The number of halogens is 1. The van der Waals surface area contributed by atoms with Crippen LogP contribution in [0.4, 0.5) is 0 Å². The Labute approximate surface area is 169 Å². The zero-order valence-electron chi connectivity index (χ0n) is 15.4. The molecule has 0 N–H and O–H groups in total. The van der Waals surface area contributed by atoms with Crippen molar-refractivity contribution >= 4 is 17.3 Å². The van der Waals surface area contributed by atoms with Crippen molar-refractivity contribution in [3.63, 3.8) is 0 Å². The summed E-state index contributed by atoms with van der Waals surface area (Å²) in [5.74, 6) is 1.75. The Morgan fingerprint density at radius 3 is 2.50 bits per heavy atom. The molecule has 0 spiro atoms. The van der Waals surface area contributed by atoms with E-state index in [9.17, 15) is 0 Å². The maximum absolute atomic E-state index is 6.35. The summed E-state index contributed by atoms with van der Waals surface area (Å²) in [6, 6.07) is 24.2. The van der Waals surface area contributed by atoms with Crippen LogP contribution < -0.4 is 9.47 Å². The molecule has 0 aliphatic carbocycles. The minimum absolute atomic E-state index is 0.141. The quantitative estimate of drug-likeness (QED) is 0.584. The van der Waals surface area contributed by atoms with Crippen LogP contribution in [-0.2, 0) is 0 Å². The van der Waals surface area contributed by atoms with Gasteiger partial charge in [0.15, 0.2) is 0 Å². The minimum Gasteiger partial charge on any atom is -0.497 e. The number of nitrogens with zero attached hydrogens (tertiary/aromatic N) is 2. The van der Waals surface area contributed by atoms with E-state index >= 15 is 0 Å². The minimum atomic E-state index is -0.284. The highest BCUT2D eigenvalue weighted by Gasteiger charge is 2.40. The Bertz CT molecular complexity index is 1030. The lowest BCUT2D eigenvalue weighted by molar-refractivity contribution is -0.0190. The second-order valence-corrected chi connectivity index (χ2v) is 7.37. The van der Waals surface area contributed by atoms with Crippen LogP contribution >= 0.6 is 11.6 Å². The second kappa shape index (κ2) is 6.88. The van der Waals surface area contributed by atoms with Gasteiger partial charge < -0.3 is 9.47 Å². The third-order valence-electron chi connectivity index (χ3n) is 5.28.